The number of nitrogens with zero attached hydrogens (tertiary/aromatic N) is 2. The van der Waals surface area contributed by atoms with Gasteiger partial charge in [0.1, 0.15) is 0 Å². The Balaban J connectivity index is 2.15. The summed E-state index contributed by atoms with van der Waals surface area (Å²) in [6.45, 7) is 5.95. The van der Waals surface area contributed by atoms with Crippen molar-refractivity contribution in [2.45, 2.75) is 32.9 Å². The van der Waals surface area contributed by atoms with Crippen molar-refractivity contribution < 1.29 is 4.79 Å². The van der Waals surface area contributed by atoms with E-state index in [1.165, 1.54) is 0 Å². The standard InChI is InChI=1S/C11H20N4O/c1-3-5-12-11(16)8-13-10(2)9-15-7-4-6-14-15/h4,6-7,10,13H,3,5,8-9H2,1-2H3,(H,12,16). The molecule has 5 nitrogen and oxygen atoms in total. The minimum atomic E-state index is 0.0502. The topological polar surface area (TPSA) is 59.0 Å². The molecule has 0 saturated carbocycles. The van der Waals surface area contributed by atoms with Crippen LogP contribution in [0.3, 0.4) is 0 Å². The zero-order valence-corrected chi connectivity index (χ0v) is 9.94. The number of hydrogen-bond acceptors (Lipinski definition) is 3. The lowest BCUT2D eigenvalue weighted by Crippen LogP contribution is -2.39. The van der Waals surface area contributed by atoms with Gasteiger partial charge in [-0.05, 0) is 19.4 Å². The highest BCUT2D eigenvalue weighted by atomic mass is 16.1. The van der Waals surface area contributed by atoms with Crippen LogP contribution in [0.15, 0.2) is 18.5 Å². The third kappa shape index (κ3) is 4.93. The van der Waals surface area contributed by atoms with Crippen LogP contribution in [-0.4, -0.2) is 34.8 Å². The first kappa shape index (κ1) is 12.7. The van der Waals surface area contributed by atoms with E-state index in [0.717, 1.165) is 19.5 Å². The summed E-state index contributed by atoms with van der Waals surface area (Å²) < 4.78 is 1.85. The van der Waals surface area contributed by atoms with Crippen molar-refractivity contribution in [3.05, 3.63) is 18.5 Å². The van der Waals surface area contributed by atoms with Crippen molar-refractivity contribution in [1.82, 2.24) is 20.4 Å². The van der Waals surface area contributed by atoms with E-state index >= 15 is 0 Å². The summed E-state index contributed by atoms with van der Waals surface area (Å²) in [5, 5.41) is 10.1. The summed E-state index contributed by atoms with van der Waals surface area (Å²) in [6.07, 6.45) is 4.63. The molecule has 0 bridgehead atoms. The van der Waals surface area contributed by atoms with Crippen molar-refractivity contribution in [3.8, 4) is 0 Å². The van der Waals surface area contributed by atoms with E-state index in [4.69, 9.17) is 0 Å². The van der Waals surface area contributed by atoms with E-state index in [1.54, 1.807) is 6.20 Å². The Hall–Kier alpha value is -1.36. The lowest BCUT2D eigenvalue weighted by atomic mass is 10.3. The van der Waals surface area contributed by atoms with Crippen molar-refractivity contribution in [2.75, 3.05) is 13.1 Å². The van der Waals surface area contributed by atoms with E-state index in [9.17, 15) is 4.79 Å². The summed E-state index contributed by atoms with van der Waals surface area (Å²) in [4.78, 5) is 11.3. The predicted octanol–water partition coefficient (Wildman–Crippen LogP) is 0.387. The summed E-state index contributed by atoms with van der Waals surface area (Å²) in [5.74, 6) is 0.0502. The molecule has 0 aromatic carbocycles. The predicted molar refractivity (Wildman–Crippen MR) is 63.0 cm³/mol. The van der Waals surface area contributed by atoms with Crippen LogP contribution >= 0.6 is 0 Å². The van der Waals surface area contributed by atoms with Gasteiger partial charge in [0.05, 0.1) is 13.1 Å². The average Bonchev–Trinajstić information content (AvgIpc) is 2.76. The van der Waals surface area contributed by atoms with Gasteiger partial charge >= 0.3 is 0 Å². The Morgan fingerprint density at radius 3 is 3.00 bits per heavy atom. The van der Waals surface area contributed by atoms with Gasteiger partial charge in [-0.1, -0.05) is 6.92 Å². The quantitative estimate of drug-likeness (QED) is 0.704. The maximum absolute atomic E-state index is 11.3. The Labute approximate surface area is 96.2 Å². The molecule has 0 aliphatic rings. The van der Waals surface area contributed by atoms with E-state index in [-0.39, 0.29) is 11.9 Å². The van der Waals surface area contributed by atoms with E-state index in [2.05, 4.69) is 15.7 Å². The molecule has 0 aliphatic heterocycles. The summed E-state index contributed by atoms with van der Waals surface area (Å²) in [7, 11) is 0. The van der Waals surface area contributed by atoms with E-state index in [0.29, 0.717) is 6.54 Å². The molecule has 0 radical (unpaired) electrons. The number of aromatic nitrogens is 2. The van der Waals surface area contributed by atoms with Gasteiger partial charge in [-0.2, -0.15) is 5.10 Å². The van der Waals surface area contributed by atoms with Gasteiger partial charge in [0.25, 0.3) is 0 Å². The van der Waals surface area contributed by atoms with Crippen molar-refractivity contribution in [1.29, 1.82) is 0 Å². The van der Waals surface area contributed by atoms with Crippen LogP contribution in [0.2, 0.25) is 0 Å². The second-order valence-electron chi connectivity index (χ2n) is 3.86. The van der Waals surface area contributed by atoms with Crippen LogP contribution in [0, 0.1) is 0 Å². The molecule has 90 valence electrons. The molecule has 5 heteroatoms. The Morgan fingerprint density at radius 2 is 2.38 bits per heavy atom. The molecule has 1 aromatic heterocycles. The highest BCUT2D eigenvalue weighted by Crippen LogP contribution is 1.89. The Bertz CT molecular complexity index is 297. The van der Waals surface area contributed by atoms with Gasteiger partial charge in [-0.25, -0.2) is 0 Å². The molecule has 0 saturated heterocycles. The van der Waals surface area contributed by atoms with Crippen LogP contribution < -0.4 is 10.6 Å². The largest absolute Gasteiger partial charge is 0.355 e. The van der Waals surface area contributed by atoms with Gasteiger partial charge in [-0.15, -0.1) is 0 Å². The molecule has 1 heterocycles. The lowest BCUT2D eigenvalue weighted by Gasteiger charge is -2.13. The third-order valence-electron chi connectivity index (χ3n) is 2.20. The van der Waals surface area contributed by atoms with E-state index in [1.807, 2.05) is 30.8 Å². The van der Waals surface area contributed by atoms with Crippen LogP contribution in [0.1, 0.15) is 20.3 Å². The zero-order valence-electron chi connectivity index (χ0n) is 9.94. The van der Waals surface area contributed by atoms with Gasteiger partial charge < -0.3 is 10.6 Å². The smallest absolute Gasteiger partial charge is 0.233 e. The number of carbonyl (C=O) groups excluding carboxylic acids is 1. The van der Waals surface area contributed by atoms with Crippen molar-refractivity contribution in [2.24, 2.45) is 0 Å². The van der Waals surface area contributed by atoms with Crippen LogP contribution in [-0.2, 0) is 11.3 Å². The molecule has 1 amide bonds. The second-order valence-corrected chi connectivity index (χ2v) is 3.86. The fourth-order valence-corrected chi connectivity index (χ4v) is 1.35. The van der Waals surface area contributed by atoms with Crippen LogP contribution in [0.5, 0.6) is 0 Å². The molecule has 1 unspecified atom stereocenters. The molecule has 1 rings (SSSR count). The molecule has 1 atom stereocenters. The van der Waals surface area contributed by atoms with E-state index < -0.39 is 0 Å². The highest BCUT2D eigenvalue weighted by Gasteiger charge is 2.05. The van der Waals surface area contributed by atoms with Crippen LogP contribution in [0.25, 0.3) is 0 Å². The zero-order chi connectivity index (χ0) is 11.8. The van der Waals surface area contributed by atoms with Gasteiger partial charge in [0, 0.05) is 25.0 Å². The first-order valence-electron chi connectivity index (χ1n) is 5.70. The van der Waals surface area contributed by atoms with Crippen molar-refractivity contribution >= 4 is 5.91 Å². The average molecular weight is 224 g/mol. The summed E-state index contributed by atoms with van der Waals surface area (Å²) >= 11 is 0. The van der Waals surface area contributed by atoms with Gasteiger partial charge in [-0.3, -0.25) is 9.48 Å². The monoisotopic (exact) mass is 224 g/mol. The SMILES string of the molecule is CCCNC(=O)CNC(C)Cn1cccn1. The molecular formula is C11H20N4O. The number of rotatable bonds is 7. The molecule has 0 fully saturated rings. The number of nitrogens with one attached hydrogen (secondary N) is 2. The van der Waals surface area contributed by atoms with Crippen LogP contribution in [0.4, 0.5) is 0 Å². The molecule has 0 aliphatic carbocycles. The van der Waals surface area contributed by atoms with Gasteiger partial charge in [0.15, 0.2) is 0 Å². The second kappa shape index (κ2) is 7.00. The Kier molecular flexibility index (Phi) is 5.56. The highest BCUT2D eigenvalue weighted by molar-refractivity contribution is 5.77. The minimum Gasteiger partial charge on any atom is -0.355 e. The number of carbonyl (C=O) groups is 1. The molecule has 1 aromatic rings. The minimum absolute atomic E-state index is 0.0502. The maximum atomic E-state index is 11.3. The molecular weight excluding hydrogens is 204 g/mol. The third-order valence-corrected chi connectivity index (χ3v) is 2.20. The maximum Gasteiger partial charge on any atom is 0.233 e. The number of amides is 1. The number of hydrogen-bond donors (Lipinski definition) is 2. The molecule has 2 N–H and O–H groups in total. The fraction of sp³-hybridized carbons (Fsp3) is 0.636. The van der Waals surface area contributed by atoms with Gasteiger partial charge in [0.2, 0.25) is 5.91 Å². The lowest BCUT2D eigenvalue weighted by molar-refractivity contribution is -0.120. The first-order valence-corrected chi connectivity index (χ1v) is 5.70. The van der Waals surface area contributed by atoms with Crippen molar-refractivity contribution in [3.63, 3.8) is 0 Å². The normalized spacial score (nSPS) is 12.4. The fourth-order valence-electron chi connectivity index (χ4n) is 1.35. The first-order chi connectivity index (χ1) is 7.72. The Morgan fingerprint density at radius 1 is 1.56 bits per heavy atom. The molecule has 0 spiro atoms. The summed E-state index contributed by atoms with van der Waals surface area (Å²) in [5.41, 5.74) is 0. The summed E-state index contributed by atoms with van der Waals surface area (Å²) in [6, 6.07) is 2.12. The molecule has 16 heavy (non-hydrogen) atoms.